The van der Waals surface area contributed by atoms with Crippen molar-refractivity contribution in [1.29, 1.82) is 0 Å². The predicted octanol–water partition coefficient (Wildman–Crippen LogP) is -2.95. The number of rotatable bonds is 8. The molecule has 0 aliphatic heterocycles. The average molecular weight is 301 g/mol. The van der Waals surface area contributed by atoms with Crippen LogP contribution in [0.2, 0.25) is 0 Å². The molecule has 13 heavy (non-hydrogen) atoms. The molecule has 0 aliphatic rings. The van der Waals surface area contributed by atoms with Gasteiger partial charge < -0.3 is 0 Å². The van der Waals surface area contributed by atoms with Gasteiger partial charge in [-0.15, -0.1) is 0 Å². The second-order valence-corrected chi connectivity index (χ2v) is 4.59. The van der Waals surface area contributed by atoms with Gasteiger partial charge in [-0.3, -0.25) is 0 Å². The number of aliphatic carboxylic acids is 1. The van der Waals surface area contributed by atoms with Crippen molar-refractivity contribution in [3.8, 4) is 0 Å². The Balaban J connectivity index is 3.33. The number of carboxylic acid groups (broad SMARTS) is 1. The van der Waals surface area contributed by atoms with Gasteiger partial charge in [0.25, 0.3) is 0 Å². The Morgan fingerprint density at radius 2 is 2.23 bits per heavy atom. The van der Waals surface area contributed by atoms with Gasteiger partial charge in [0.2, 0.25) is 0 Å². The summed E-state index contributed by atoms with van der Waals surface area (Å²) in [6.07, 6.45) is 2.75. The third kappa shape index (κ3) is 7.21. The molecule has 80 valence electrons. The van der Waals surface area contributed by atoms with E-state index in [-0.39, 0.29) is 27.5 Å². The number of unbranched alkanes of at least 4 members (excludes halogenated alkanes) is 1. The van der Waals surface area contributed by atoms with Gasteiger partial charge in [0, 0.05) is 0 Å². The Kier molecular flexibility index (Phi) is 8.79. The van der Waals surface area contributed by atoms with Crippen LogP contribution in [0.3, 0.4) is 0 Å². The van der Waals surface area contributed by atoms with E-state index in [1.54, 1.807) is 7.05 Å². The van der Waals surface area contributed by atoms with Crippen LogP contribution < -0.4 is 30.3 Å². The van der Waals surface area contributed by atoms with Crippen molar-refractivity contribution in [3.63, 3.8) is 0 Å². The molecule has 0 bridgehead atoms. The normalized spacial score (nSPS) is 13.1. The molecule has 4 nitrogen and oxygen atoms in total. The number of carboxylic acids is 1. The first-order chi connectivity index (χ1) is 6.22. The molecule has 0 heterocycles. The Bertz CT molecular complexity index is 144. The van der Waals surface area contributed by atoms with Crippen molar-refractivity contribution in [2.45, 2.75) is 25.3 Å². The predicted molar refractivity (Wildman–Crippen MR) is 48.3 cm³/mol. The van der Waals surface area contributed by atoms with Gasteiger partial charge in [-0.2, -0.15) is 0 Å². The minimum absolute atomic E-state index is 0.175. The maximum absolute atomic E-state index is 10.6. The molecule has 0 fully saturated rings. The number of likely N-dealkylation sites (N-methyl/N-ethyl adjacent to an activating group) is 1. The van der Waals surface area contributed by atoms with Crippen molar-refractivity contribution in [3.05, 3.63) is 0 Å². The molecule has 0 aromatic rings. The van der Waals surface area contributed by atoms with Gasteiger partial charge in [0.15, 0.2) is 0 Å². The Hall–Kier alpha value is 0.120. The summed E-state index contributed by atoms with van der Waals surface area (Å²) < 4.78 is 3.31. The summed E-state index contributed by atoms with van der Waals surface area (Å²) in [7, 11) is 1.69. The third-order valence-corrected chi connectivity index (χ3v) is 3.10. The first-order valence-corrected chi connectivity index (χ1v) is 7.57. The van der Waals surface area contributed by atoms with E-state index >= 15 is 0 Å². The van der Waals surface area contributed by atoms with Crippen molar-refractivity contribution in [2.75, 3.05) is 18.5 Å². The fourth-order valence-electron chi connectivity index (χ4n) is 1.03. The van der Waals surface area contributed by atoms with Crippen molar-refractivity contribution < 1.29 is 31.4 Å². The molecular formula is C8H18IN2O2-. The molecule has 0 saturated heterocycles. The zero-order chi connectivity index (χ0) is 10.1. The SMILES string of the molecule is CNC(CCCCN[I-]C)C(=O)O. The first kappa shape index (κ1) is 13.1. The summed E-state index contributed by atoms with van der Waals surface area (Å²) in [6, 6.07) is -0.378. The molecule has 0 saturated carbocycles. The number of nitrogens with one attached hydrogen (secondary N) is 2. The van der Waals surface area contributed by atoms with E-state index in [0.717, 1.165) is 25.8 Å². The number of halogens is 1. The van der Waals surface area contributed by atoms with Crippen LogP contribution in [0.5, 0.6) is 0 Å². The monoisotopic (exact) mass is 301 g/mol. The first-order valence-electron chi connectivity index (χ1n) is 4.33. The topological polar surface area (TPSA) is 61.4 Å². The van der Waals surface area contributed by atoms with Crippen LogP contribution in [-0.2, 0) is 4.79 Å². The van der Waals surface area contributed by atoms with Crippen molar-refractivity contribution in [2.24, 2.45) is 0 Å². The zero-order valence-corrected chi connectivity index (χ0v) is 10.3. The summed E-state index contributed by atoms with van der Waals surface area (Å²) in [4.78, 5) is 12.8. The van der Waals surface area contributed by atoms with E-state index < -0.39 is 5.97 Å². The number of hydrogen-bond acceptors (Lipinski definition) is 3. The standard InChI is InChI=1S/C8H18IN2O2/c1-9-11-6-4-3-5-7(10-2)8(12)13/h7,10-11H,3-6H2,1-2H3,(H,12,13)/q-1. The molecule has 1 atom stereocenters. The molecule has 5 heteroatoms. The molecular weight excluding hydrogens is 283 g/mol. The average Bonchev–Trinajstić information content (AvgIpc) is 2.10. The van der Waals surface area contributed by atoms with Gasteiger partial charge in [-0.1, -0.05) is 0 Å². The van der Waals surface area contributed by atoms with Crippen LogP contribution in [0.15, 0.2) is 0 Å². The second-order valence-electron chi connectivity index (χ2n) is 2.75. The number of hydrogen-bond donors (Lipinski definition) is 3. The summed E-state index contributed by atoms with van der Waals surface area (Å²) >= 11 is 0.175. The molecule has 0 spiro atoms. The van der Waals surface area contributed by atoms with E-state index in [9.17, 15) is 4.79 Å². The fourth-order valence-corrected chi connectivity index (χ4v) is 1.95. The molecule has 3 N–H and O–H groups in total. The van der Waals surface area contributed by atoms with Crippen molar-refractivity contribution >= 4 is 5.97 Å². The molecule has 0 aromatic carbocycles. The number of alkyl halides is 1. The second kappa shape index (κ2) is 8.71. The van der Waals surface area contributed by atoms with Gasteiger partial charge in [0.1, 0.15) is 0 Å². The van der Waals surface area contributed by atoms with E-state index in [1.807, 2.05) is 0 Å². The van der Waals surface area contributed by atoms with Crippen LogP contribution in [0.4, 0.5) is 0 Å². The van der Waals surface area contributed by atoms with Crippen LogP contribution in [-0.4, -0.2) is 35.6 Å². The summed E-state index contributed by atoms with van der Waals surface area (Å²) in [5.41, 5.74) is 0. The molecule has 0 rings (SSSR count). The van der Waals surface area contributed by atoms with Crippen LogP contribution >= 0.6 is 0 Å². The molecule has 0 radical (unpaired) electrons. The number of carbonyl (C=O) groups is 1. The van der Waals surface area contributed by atoms with Crippen LogP contribution in [0, 0.1) is 0 Å². The maximum atomic E-state index is 10.6. The van der Waals surface area contributed by atoms with Crippen LogP contribution in [0.25, 0.3) is 0 Å². The Morgan fingerprint density at radius 3 is 2.69 bits per heavy atom. The van der Waals surface area contributed by atoms with E-state index in [2.05, 4.69) is 13.8 Å². The van der Waals surface area contributed by atoms with Gasteiger partial charge >= 0.3 is 90.0 Å². The third-order valence-electron chi connectivity index (χ3n) is 1.79. The molecule has 0 aliphatic carbocycles. The van der Waals surface area contributed by atoms with E-state index in [0.29, 0.717) is 0 Å². The summed E-state index contributed by atoms with van der Waals surface area (Å²) in [5.74, 6) is -0.752. The van der Waals surface area contributed by atoms with Gasteiger partial charge in [-0.25, -0.2) is 0 Å². The van der Waals surface area contributed by atoms with Crippen LogP contribution in [0.1, 0.15) is 19.3 Å². The molecule has 0 amide bonds. The Labute approximate surface area is 90.1 Å². The van der Waals surface area contributed by atoms with Crippen molar-refractivity contribution in [1.82, 2.24) is 8.85 Å². The van der Waals surface area contributed by atoms with Gasteiger partial charge in [-0.05, 0) is 0 Å². The quantitative estimate of drug-likeness (QED) is 0.194. The fraction of sp³-hybridized carbons (Fsp3) is 0.875. The van der Waals surface area contributed by atoms with Gasteiger partial charge in [0.05, 0.1) is 0 Å². The summed E-state index contributed by atoms with van der Waals surface area (Å²) in [5, 5.41) is 11.5. The van der Waals surface area contributed by atoms with E-state index in [4.69, 9.17) is 5.11 Å². The zero-order valence-electron chi connectivity index (χ0n) is 8.14. The minimum atomic E-state index is -0.752. The Morgan fingerprint density at radius 1 is 1.54 bits per heavy atom. The molecule has 0 aromatic heterocycles. The molecule has 1 unspecified atom stereocenters. The summed E-state index contributed by atoms with van der Waals surface area (Å²) in [6.45, 7) is 1.03. The van der Waals surface area contributed by atoms with E-state index in [1.165, 1.54) is 0 Å².